The van der Waals surface area contributed by atoms with E-state index in [2.05, 4.69) is 5.32 Å². The highest BCUT2D eigenvalue weighted by atomic mass is 35.5. The van der Waals surface area contributed by atoms with Gasteiger partial charge in [-0.2, -0.15) is 0 Å². The number of carbonyl (C=O) groups excluding carboxylic acids is 2. The van der Waals surface area contributed by atoms with Crippen molar-refractivity contribution in [1.29, 1.82) is 0 Å². The van der Waals surface area contributed by atoms with Crippen LogP contribution in [0.2, 0.25) is 0 Å². The van der Waals surface area contributed by atoms with Crippen molar-refractivity contribution in [2.24, 2.45) is 23.5 Å². The molecule has 0 aliphatic heterocycles. The molecular weight excluding hydrogens is 338 g/mol. The molecule has 1 aromatic carbocycles. The normalized spacial score (nSPS) is 27.8. The molecule has 2 saturated carbocycles. The van der Waals surface area contributed by atoms with Crippen LogP contribution in [0.25, 0.3) is 0 Å². The van der Waals surface area contributed by atoms with Crippen LogP contribution in [0, 0.1) is 17.8 Å². The van der Waals surface area contributed by atoms with E-state index in [1.165, 1.54) is 6.42 Å². The van der Waals surface area contributed by atoms with Gasteiger partial charge in [0, 0.05) is 24.7 Å². The fraction of sp³-hybridized carbons (Fsp3) is 0.579. The average molecular weight is 366 g/mol. The fourth-order valence-electron chi connectivity index (χ4n) is 4.32. The van der Waals surface area contributed by atoms with Crippen LogP contribution in [-0.4, -0.2) is 36.3 Å². The number of amides is 2. The van der Waals surface area contributed by atoms with E-state index in [0.29, 0.717) is 11.8 Å². The third kappa shape index (κ3) is 4.73. The fourth-order valence-corrected chi connectivity index (χ4v) is 4.32. The van der Waals surface area contributed by atoms with Gasteiger partial charge in [-0.05, 0) is 49.7 Å². The Kier molecular flexibility index (Phi) is 6.85. The van der Waals surface area contributed by atoms with Gasteiger partial charge in [0.05, 0.1) is 6.54 Å². The number of rotatable bonds is 4. The zero-order chi connectivity index (χ0) is 17.1. The highest BCUT2D eigenvalue weighted by molar-refractivity contribution is 5.94. The molecule has 0 spiro atoms. The minimum absolute atomic E-state index is 0. The maximum absolute atomic E-state index is 12.7. The Balaban J connectivity index is 0.00000225. The van der Waals surface area contributed by atoms with Crippen molar-refractivity contribution in [2.45, 2.75) is 38.1 Å². The summed E-state index contributed by atoms with van der Waals surface area (Å²) in [5.41, 5.74) is 7.05. The van der Waals surface area contributed by atoms with Crippen molar-refractivity contribution in [3.05, 3.63) is 30.3 Å². The second kappa shape index (κ2) is 8.68. The van der Waals surface area contributed by atoms with Crippen molar-refractivity contribution in [1.82, 2.24) is 4.90 Å². The van der Waals surface area contributed by atoms with Gasteiger partial charge in [-0.3, -0.25) is 9.59 Å². The Morgan fingerprint density at radius 1 is 1.16 bits per heavy atom. The van der Waals surface area contributed by atoms with E-state index in [9.17, 15) is 9.59 Å². The standard InChI is InChI=1S/C19H27N3O2.ClH/c1-22(12-17(23)21-16-8-3-2-4-9-16)19(24)15-10-13-6-5-7-14(11-15)18(13)20;/h2-4,8-9,13-15,18H,5-7,10-12,20H2,1H3,(H,21,23);1H. The first-order valence-electron chi connectivity index (χ1n) is 8.90. The summed E-state index contributed by atoms with van der Waals surface area (Å²) in [6.45, 7) is 0.0889. The van der Waals surface area contributed by atoms with Crippen LogP contribution in [0.15, 0.2) is 30.3 Å². The molecule has 3 N–H and O–H groups in total. The van der Waals surface area contributed by atoms with Crippen molar-refractivity contribution in [2.75, 3.05) is 18.9 Å². The van der Waals surface area contributed by atoms with Crippen molar-refractivity contribution in [3.63, 3.8) is 0 Å². The lowest BCUT2D eigenvalue weighted by molar-refractivity contribution is -0.139. The predicted molar refractivity (Wildman–Crippen MR) is 101 cm³/mol. The van der Waals surface area contributed by atoms with Crippen LogP contribution >= 0.6 is 12.4 Å². The summed E-state index contributed by atoms with van der Waals surface area (Å²) in [5.74, 6) is 0.886. The molecule has 5 nitrogen and oxygen atoms in total. The molecular formula is C19H28ClN3O2. The van der Waals surface area contributed by atoms with E-state index in [4.69, 9.17) is 5.73 Å². The van der Waals surface area contributed by atoms with E-state index in [0.717, 1.165) is 31.4 Å². The summed E-state index contributed by atoms with van der Waals surface area (Å²) in [6.07, 6.45) is 5.26. The zero-order valence-electron chi connectivity index (χ0n) is 14.7. The van der Waals surface area contributed by atoms with Crippen LogP contribution in [-0.2, 0) is 9.59 Å². The SMILES string of the molecule is CN(CC(=O)Nc1ccccc1)C(=O)C1CC2CCCC(C1)C2N.Cl. The molecule has 2 aliphatic carbocycles. The molecule has 6 heteroatoms. The zero-order valence-corrected chi connectivity index (χ0v) is 15.5. The Hall–Kier alpha value is -1.59. The van der Waals surface area contributed by atoms with E-state index in [-0.39, 0.29) is 42.7 Å². The largest absolute Gasteiger partial charge is 0.336 e. The Morgan fingerprint density at radius 3 is 2.36 bits per heavy atom. The summed E-state index contributed by atoms with van der Waals surface area (Å²) in [6, 6.07) is 9.57. The maximum atomic E-state index is 12.7. The number of para-hydroxylation sites is 1. The van der Waals surface area contributed by atoms with Gasteiger partial charge in [-0.15, -0.1) is 12.4 Å². The number of fused-ring (bicyclic) bond motifs is 2. The molecule has 2 bridgehead atoms. The monoisotopic (exact) mass is 365 g/mol. The summed E-state index contributed by atoms with van der Waals surface area (Å²) in [7, 11) is 1.72. The molecule has 0 radical (unpaired) electrons. The maximum Gasteiger partial charge on any atom is 0.243 e. The third-order valence-corrected chi connectivity index (χ3v) is 5.58. The molecule has 2 aliphatic rings. The average Bonchev–Trinajstić information content (AvgIpc) is 2.54. The van der Waals surface area contributed by atoms with Crippen molar-refractivity contribution < 1.29 is 9.59 Å². The van der Waals surface area contributed by atoms with Crippen LogP contribution in [0.1, 0.15) is 32.1 Å². The first kappa shape index (κ1) is 19.7. The molecule has 138 valence electrons. The van der Waals surface area contributed by atoms with E-state index in [1.54, 1.807) is 11.9 Å². The van der Waals surface area contributed by atoms with Gasteiger partial charge in [-0.1, -0.05) is 24.6 Å². The van der Waals surface area contributed by atoms with Crippen LogP contribution in [0.3, 0.4) is 0 Å². The highest BCUT2D eigenvalue weighted by Crippen LogP contribution is 2.42. The molecule has 3 rings (SSSR count). The van der Waals surface area contributed by atoms with Gasteiger partial charge in [0.2, 0.25) is 11.8 Å². The second-order valence-electron chi connectivity index (χ2n) is 7.31. The minimum atomic E-state index is -0.162. The predicted octanol–water partition coefficient (Wildman–Crippen LogP) is 2.66. The second-order valence-corrected chi connectivity index (χ2v) is 7.31. The number of carbonyl (C=O) groups is 2. The number of anilines is 1. The molecule has 2 unspecified atom stereocenters. The number of nitrogens with two attached hydrogens (primary N) is 1. The Morgan fingerprint density at radius 2 is 1.76 bits per heavy atom. The number of hydrogen-bond acceptors (Lipinski definition) is 3. The van der Waals surface area contributed by atoms with Crippen molar-refractivity contribution >= 4 is 29.9 Å². The Labute approximate surface area is 155 Å². The molecule has 0 heterocycles. The summed E-state index contributed by atoms with van der Waals surface area (Å²) < 4.78 is 0. The number of nitrogens with zero attached hydrogens (tertiary/aromatic N) is 1. The van der Waals surface area contributed by atoms with Gasteiger partial charge in [0.1, 0.15) is 0 Å². The summed E-state index contributed by atoms with van der Waals surface area (Å²) in [4.78, 5) is 26.4. The molecule has 2 atom stereocenters. The van der Waals surface area contributed by atoms with Crippen LogP contribution < -0.4 is 11.1 Å². The lowest BCUT2D eigenvalue weighted by atomic mass is 9.65. The summed E-state index contributed by atoms with van der Waals surface area (Å²) in [5, 5.41) is 2.82. The quantitative estimate of drug-likeness (QED) is 0.861. The van der Waals surface area contributed by atoms with E-state index in [1.807, 2.05) is 30.3 Å². The van der Waals surface area contributed by atoms with Gasteiger partial charge in [0.15, 0.2) is 0 Å². The lowest BCUT2D eigenvalue weighted by Crippen LogP contribution is -2.49. The van der Waals surface area contributed by atoms with Crippen LogP contribution in [0.5, 0.6) is 0 Å². The number of benzene rings is 1. The number of hydrogen-bond donors (Lipinski definition) is 2. The summed E-state index contributed by atoms with van der Waals surface area (Å²) >= 11 is 0. The van der Waals surface area contributed by atoms with Gasteiger partial charge < -0.3 is 16.0 Å². The molecule has 25 heavy (non-hydrogen) atoms. The first-order valence-corrected chi connectivity index (χ1v) is 8.90. The minimum Gasteiger partial charge on any atom is -0.336 e. The highest BCUT2D eigenvalue weighted by Gasteiger charge is 2.41. The lowest BCUT2D eigenvalue weighted by Gasteiger charge is -2.44. The number of nitrogens with one attached hydrogen (secondary N) is 1. The van der Waals surface area contributed by atoms with E-state index >= 15 is 0 Å². The smallest absolute Gasteiger partial charge is 0.243 e. The van der Waals surface area contributed by atoms with Crippen LogP contribution in [0.4, 0.5) is 5.69 Å². The van der Waals surface area contributed by atoms with E-state index < -0.39 is 0 Å². The van der Waals surface area contributed by atoms with Crippen molar-refractivity contribution in [3.8, 4) is 0 Å². The number of halogens is 1. The molecule has 0 aromatic heterocycles. The molecule has 2 fully saturated rings. The van der Waals surface area contributed by atoms with Gasteiger partial charge >= 0.3 is 0 Å². The topological polar surface area (TPSA) is 75.4 Å². The third-order valence-electron chi connectivity index (χ3n) is 5.58. The van der Waals surface area contributed by atoms with Gasteiger partial charge in [-0.25, -0.2) is 0 Å². The molecule has 1 aromatic rings. The Bertz CT molecular complexity index is 582. The molecule has 0 saturated heterocycles. The first-order chi connectivity index (χ1) is 11.5. The molecule has 2 amide bonds. The van der Waals surface area contributed by atoms with Gasteiger partial charge in [0.25, 0.3) is 0 Å². The number of likely N-dealkylation sites (N-methyl/N-ethyl adjacent to an activating group) is 1.